The van der Waals surface area contributed by atoms with E-state index in [4.69, 9.17) is 5.73 Å². The molecule has 0 radical (unpaired) electrons. The Morgan fingerprint density at radius 3 is 2.75 bits per heavy atom. The molecule has 0 spiro atoms. The summed E-state index contributed by atoms with van der Waals surface area (Å²) >= 11 is 3.23. The van der Waals surface area contributed by atoms with Crippen LogP contribution in [0.2, 0.25) is 0 Å². The number of hydrogen-bond acceptors (Lipinski definition) is 6. The number of nitrogens with two attached hydrogens (primary N) is 1. The zero-order valence-electron chi connectivity index (χ0n) is 11.3. The van der Waals surface area contributed by atoms with E-state index in [1.807, 2.05) is 32.0 Å². The number of aromatic nitrogens is 3. The SMILES string of the molecule is CCc1nc(N)c(C)c(Sc2nc3ccccc3s2)n1. The van der Waals surface area contributed by atoms with Crippen molar-refractivity contribution >= 4 is 39.1 Å². The van der Waals surface area contributed by atoms with Crippen LogP contribution in [0.5, 0.6) is 0 Å². The van der Waals surface area contributed by atoms with E-state index in [-0.39, 0.29) is 0 Å². The highest BCUT2D eigenvalue weighted by molar-refractivity contribution is 8.01. The molecule has 102 valence electrons. The first-order valence-corrected chi connectivity index (χ1v) is 7.97. The third kappa shape index (κ3) is 2.48. The molecule has 0 aliphatic rings. The van der Waals surface area contributed by atoms with Gasteiger partial charge < -0.3 is 5.73 Å². The van der Waals surface area contributed by atoms with Gasteiger partial charge in [0.25, 0.3) is 0 Å². The summed E-state index contributed by atoms with van der Waals surface area (Å²) in [5.74, 6) is 1.33. The lowest BCUT2D eigenvalue weighted by Gasteiger charge is -2.07. The number of aryl methyl sites for hydroxylation is 1. The molecular formula is C14H14N4S2. The smallest absolute Gasteiger partial charge is 0.157 e. The average Bonchev–Trinajstić information content (AvgIpc) is 2.85. The summed E-state index contributed by atoms with van der Waals surface area (Å²) in [6.45, 7) is 3.97. The molecule has 2 aromatic heterocycles. The third-order valence-electron chi connectivity index (χ3n) is 2.96. The predicted molar refractivity (Wildman–Crippen MR) is 84.3 cm³/mol. The van der Waals surface area contributed by atoms with Gasteiger partial charge in [-0.2, -0.15) is 0 Å². The molecule has 0 fully saturated rings. The summed E-state index contributed by atoms with van der Waals surface area (Å²) in [5.41, 5.74) is 7.89. The molecule has 2 heterocycles. The molecule has 0 bridgehead atoms. The molecule has 0 unspecified atom stereocenters. The van der Waals surface area contributed by atoms with Gasteiger partial charge in [0.15, 0.2) is 4.34 Å². The third-order valence-corrected chi connectivity index (χ3v) is 5.15. The Kier molecular flexibility index (Phi) is 3.58. The highest BCUT2D eigenvalue weighted by Gasteiger charge is 2.12. The summed E-state index contributed by atoms with van der Waals surface area (Å²) in [5, 5.41) is 0.897. The van der Waals surface area contributed by atoms with Crippen LogP contribution in [0.3, 0.4) is 0 Å². The topological polar surface area (TPSA) is 64.7 Å². The molecule has 0 saturated heterocycles. The molecule has 0 amide bonds. The molecule has 0 aliphatic carbocycles. The van der Waals surface area contributed by atoms with Crippen molar-refractivity contribution in [3.63, 3.8) is 0 Å². The molecule has 20 heavy (non-hydrogen) atoms. The Labute approximate surface area is 125 Å². The van der Waals surface area contributed by atoms with E-state index in [0.29, 0.717) is 5.82 Å². The van der Waals surface area contributed by atoms with Gasteiger partial charge in [0.1, 0.15) is 16.7 Å². The Hall–Kier alpha value is -1.66. The lowest BCUT2D eigenvalue weighted by atomic mass is 10.3. The van der Waals surface area contributed by atoms with Crippen molar-refractivity contribution in [1.82, 2.24) is 15.0 Å². The number of hydrogen-bond donors (Lipinski definition) is 1. The van der Waals surface area contributed by atoms with E-state index in [9.17, 15) is 0 Å². The Morgan fingerprint density at radius 2 is 2.00 bits per heavy atom. The van der Waals surface area contributed by atoms with Gasteiger partial charge in [-0.3, -0.25) is 0 Å². The van der Waals surface area contributed by atoms with Crippen molar-refractivity contribution in [3.05, 3.63) is 35.7 Å². The number of benzene rings is 1. The number of rotatable bonds is 3. The molecule has 6 heteroatoms. The number of nitrogen functional groups attached to an aromatic ring is 1. The average molecular weight is 302 g/mol. The van der Waals surface area contributed by atoms with Gasteiger partial charge in [0, 0.05) is 12.0 Å². The zero-order valence-corrected chi connectivity index (χ0v) is 12.9. The minimum Gasteiger partial charge on any atom is -0.383 e. The number of para-hydroxylation sites is 1. The molecule has 0 atom stereocenters. The maximum Gasteiger partial charge on any atom is 0.157 e. The molecular weight excluding hydrogens is 288 g/mol. The summed E-state index contributed by atoms with van der Waals surface area (Å²) < 4.78 is 2.17. The number of anilines is 1. The summed E-state index contributed by atoms with van der Waals surface area (Å²) in [6.07, 6.45) is 0.776. The first-order valence-electron chi connectivity index (χ1n) is 6.33. The normalized spacial score (nSPS) is 11.1. The van der Waals surface area contributed by atoms with Gasteiger partial charge in [0.2, 0.25) is 0 Å². The molecule has 3 rings (SSSR count). The van der Waals surface area contributed by atoms with Crippen molar-refractivity contribution in [2.45, 2.75) is 29.6 Å². The van der Waals surface area contributed by atoms with Crippen LogP contribution in [0.1, 0.15) is 18.3 Å². The van der Waals surface area contributed by atoms with Gasteiger partial charge in [-0.15, -0.1) is 11.3 Å². The maximum absolute atomic E-state index is 5.94. The molecule has 1 aromatic carbocycles. The van der Waals surface area contributed by atoms with Crippen molar-refractivity contribution in [1.29, 1.82) is 0 Å². The Balaban J connectivity index is 1.99. The molecule has 4 nitrogen and oxygen atoms in total. The van der Waals surface area contributed by atoms with Crippen LogP contribution < -0.4 is 5.73 Å². The van der Waals surface area contributed by atoms with Crippen LogP contribution in [-0.4, -0.2) is 15.0 Å². The van der Waals surface area contributed by atoms with Crippen molar-refractivity contribution in [3.8, 4) is 0 Å². The van der Waals surface area contributed by atoms with Crippen LogP contribution in [0.4, 0.5) is 5.82 Å². The second-order valence-corrected chi connectivity index (χ2v) is 6.62. The number of fused-ring (bicyclic) bond motifs is 1. The van der Waals surface area contributed by atoms with Crippen molar-refractivity contribution < 1.29 is 0 Å². The van der Waals surface area contributed by atoms with E-state index >= 15 is 0 Å². The fourth-order valence-corrected chi connectivity index (χ4v) is 3.88. The molecule has 3 aromatic rings. The first kappa shape index (κ1) is 13.3. The van der Waals surface area contributed by atoms with Crippen LogP contribution in [0.15, 0.2) is 33.6 Å². The summed E-state index contributed by atoms with van der Waals surface area (Å²) in [7, 11) is 0. The van der Waals surface area contributed by atoms with Crippen LogP contribution in [0, 0.1) is 6.92 Å². The Morgan fingerprint density at radius 1 is 1.20 bits per heavy atom. The van der Waals surface area contributed by atoms with Gasteiger partial charge >= 0.3 is 0 Å². The van der Waals surface area contributed by atoms with Gasteiger partial charge in [-0.1, -0.05) is 19.1 Å². The van der Waals surface area contributed by atoms with E-state index < -0.39 is 0 Å². The van der Waals surface area contributed by atoms with E-state index in [1.54, 1.807) is 23.1 Å². The maximum atomic E-state index is 5.94. The van der Waals surface area contributed by atoms with Gasteiger partial charge in [0.05, 0.1) is 10.2 Å². The number of nitrogens with zero attached hydrogens (tertiary/aromatic N) is 3. The largest absolute Gasteiger partial charge is 0.383 e. The monoisotopic (exact) mass is 302 g/mol. The van der Waals surface area contributed by atoms with Gasteiger partial charge in [-0.05, 0) is 30.8 Å². The second kappa shape index (κ2) is 5.38. The minimum atomic E-state index is 0.556. The molecule has 0 aliphatic heterocycles. The fraction of sp³-hybridized carbons (Fsp3) is 0.214. The minimum absolute atomic E-state index is 0.556. The van der Waals surface area contributed by atoms with Gasteiger partial charge in [-0.25, -0.2) is 15.0 Å². The van der Waals surface area contributed by atoms with E-state index in [2.05, 4.69) is 21.0 Å². The van der Waals surface area contributed by atoms with Crippen LogP contribution in [-0.2, 0) is 6.42 Å². The van der Waals surface area contributed by atoms with Crippen LogP contribution >= 0.6 is 23.1 Å². The zero-order chi connectivity index (χ0) is 14.1. The highest BCUT2D eigenvalue weighted by atomic mass is 32.2. The van der Waals surface area contributed by atoms with E-state index in [1.165, 1.54) is 4.70 Å². The van der Waals surface area contributed by atoms with Crippen LogP contribution in [0.25, 0.3) is 10.2 Å². The number of thiazole rings is 1. The predicted octanol–water partition coefficient (Wildman–Crippen LogP) is 3.69. The summed E-state index contributed by atoms with van der Waals surface area (Å²) in [6, 6.07) is 8.13. The lowest BCUT2D eigenvalue weighted by Crippen LogP contribution is -2.03. The first-order chi connectivity index (χ1) is 9.67. The standard InChI is InChI=1S/C14H14N4S2/c1-3-11-17-12(15)8(2)13(18-11)20-14-16-9-6-4-5-7-10(9)19-14/h4-7H,3H2,1-2H3,(H2,15,17,18). The summed E-state index contributed by atoms with van der Waals surface area (Å²) in [4.78, 5) is 13.4. The highest BCUT2D eigenvalue weighted by Crippen LogP contribution is 2.35. The van der Waals surface area contributed by atoms with E-state index in [0.717, 1.165) is 32.7 Å². The second-order valence-electron chi connectivity index (χ2n) is 4.36. The quantitative estimate of drug-likeness (QED) is 0.747. The fourth-order valence-electron chi connectivity index (χ4n) is 1.79. The Bertz CT molecular complexity index is 734. The molecule has 0 saturated carbocycles. The molecule has 2 N–H and O–H groups in total. The lowest BCUT2D eigenvalue weighted by molar-refractivity contribution is 0.878. The van der Waals surface area contributed by atoms with Crippen molar-refractivity contribution in [2.75, 3.05) is 5.73 Å². The van der Waals surface area contributed by atoms with Crippen molar-refractivity contribution in [2.24, 2.45) is 0 Å².